The monoisotopic (exact) mass is 572 g/mol. The SMILES string of the molecule is NC(=O)CC(NC(=O)C(N)Cc1ccc(O)cc1)C(=O)NC(CC(N)=O)C(=O)NC(Cc1ccc(O)cc1)C(=O)O. The number of hydrogen-bond donors (Lipinski definition) is 9. The highest BCUT2D eigenvalue weighted by Crippen LogP contribution is 2.13. The van der Waals surface area contributed by atoms with E-state index in [1.807, 2.05) is 0 Å². The van der Waals surface area contributed by atoms with Crippen molar-refractivity contribution in [1.29, 1.82) is 0 Å². The summed E-state index contributed by atoms with van der Waals surface area (Å²) in [5.74, 6) is -6.44. The molecule has 15 nitrogen and oxygen atoms in total. The van der Waals surface area contributed by atoms with Gasteiger partial charge in [-0.3, -0.25) is 24.0 Å². The van der Waals surface area contributed by atoms with Gasteiger partial charge in [0, 0.05) is 6.42 Å². The molecule has 0 aliphatic rings. The van der Waals surface area contributed by atoms with Crippen LogP contribution in [0.4, 0.5) is 0 Å². The van der Waals surface area contributed by atoms with Gasteiger partial charge in [0.05, 0.1) is 18.9 Å². The van der Waals surface area contributed by atoms with Gasteiger partial charge in [0.15, 0.2) is 0 Å². The van der Waals surface area contributed by atoms with Crippen molar-refractivity contribution in [2.45, 2.75) is 49.9 Å². The molecule has 4 atom stereocenters. The van der Waals surface area contributed by atoms with Crippen LogP contribution in [0.3, 0.4) is 0 Å². The molecule has 41 heavy (non-hydrogen) atoms. The Morgan fingerprint density at radius 3 is 1.37 bits per heavy atom. The normalized spacial score (nSPS) is 13.6. The summed E-state index contributed by atoms with van der Waals surface area (Å²) in [6.45, 7) is 0. The summed E-state index contributed by atoms with van der Waals surface area (Å²) in [4.78, 5) is 73.6. The predicted octanol–water partition coefficient (Wildman–Crippen LogP) is -2.50. The summed E-state index contributed by atoms with van der Waals surface area (Å²) in [6.07, 6.45) is -1.60. The minimum Gasteiger partial charge on any atom is -0.508 e. The lowest BCUT2D eigenvalue weighted by molar-refractivity contribution is -0.142. The van der Waals surface area contributed by atoms with Crippen LogP contribution in [0.1, 0.15) is 24.0 Å². The minimum atomic E-state index is -1.67. The van der Waals surface area contributed by atoms with Gasteiger partial charge >= 0.3 is 5.97 Å². The van der Waals surface area contributed by atoms with E-state index in [0.29, 0.717) is 11.1 Å². The number of carboxylic acid groups (broad SMARTS) is 1. The molecule has 5 amide bonds. The summed E-state index contributed by atoms with van der Waals surface area (Å²) in [5.41, 5.74) is 17.4. The second-order valence-electron chi connectivity index (χ2n) is 9.21. The number of primary amides is 2. The maximum atomic E-state index is 13.0. The number of phenols is 2. The zero-order valence-corrected chi connectivity index (χ0v) is 21.8. The fourth-order valence-electron chi connectivity index (χ4n) is 3.69. The van der Waals surface area contributed by atoms with Crippen LogP contribution in [0.25, 0.3) is 0 Å². The minimum absolute atomic E-state index is 0.00884. The lowest BCUT2D eigenvalue weighted by Crippen LogP contribution is -2.58. The van der Waals surface area contributed by atoms with E-state index in [1.54, 1.807) is 0 Å². The molecule has 2 aromatic rings. The molecule has 2 rings (SSSR count). The summed E-state index contributed by atoms with van der Waals surface area (Å²) >= 11 is 0. The van der Waals surface area contributed by atoms with E-state index < -0.39 is 72.5 Å². The number of aliphatic carboxylic acids is 1. The number of benzene rings is 2. The van der Waals surface area contributed by atoms with Crippen LogP contribution >= 0.6 is 0 Å². The number of phenolic OH excluding ortho intramolecular Hbond substituents is 2. The van der Waals surface area contributed by atoms with Gasteiger partial charge in [-0.1, -0.05) is 24.3 Å². The third kappa shape index (κ3) is 10.8. The van der Waals surface area contributed by atoms with Crippen LogP contribution in [0, 0.1) is 0 Å². The fourth-order valence-corrected chi connectivity index (χ4v) is 3.69. The van der Waals surface area contributed by atoms with Crippen LogP contribution in [-0.4, -0.2) is 75.0 Å². The van der Waals surface area contributed by atoms with Gasteiger partial charge in [-0.2, -0.15) is 0 Å². The van der Waals surface area contributed by atoms with E-state index in [4.69, 9.17) is 17.2 Å². The number of carbonyl (C=O) groups is 6. The number of carboxylic acids is 1. The number of rotatable bonds is 15. The highest BCUT2D eigenvalue weighted by atomic mass is 16.4. The molecule has 12 N–H and O–H groups in total. The van der Waals surface area contributed by atoms with Crippen LogP contribution < -0.4 is 33.2 Å². The van der Waals surface area contributed by atoms with E-state index in [2.05, 4.69) is 16.0 Å². The average molecular weight is 573 g/mol. The summed E-state index contributed by atoms with van der Waals surface area (Å²) in [6, 6.07) is 5.49. The second-order valence-corrected chi connectivity index (χ2v) is 9.21. The molecule has 2 aromatic carbocycles. The molecule has 0 aromatic heterocycles. The predicted molar refractivity (Wildman–Crippen MR) is 143 cm³/mol. The van der Waals surface area contributed by atoms with Gasteiger partial charge in [0.25, 0.3) is 0 Å². The van der Waals surface area contributed by atoms with Gasteiger partial charge in [-0.15, -0.1) is 0 Å². The number of carbonyl (C=O) groups excluding carboxylic acids is 5. The van der Waals surface area contributed by atoms with Crippen molar-refractivity contribution in [1.82, 2.24) is 16.0 Å². The standard InChI is InChI=1S/C26H32N6O9/c27-17(9-13-1-5-15(33)6-2-13)23(37)30-18(11-21(28)35)24(38)31-19(12-22(29)36)25(39)32-20(26(40)41)10-14-3-7-16(34)8-4-14/h1-8,17-20,33-34H,9-12,27H2,(H2,28,35)(H2,29,36)(H,30,37)(H,31,38)(H,32,39)(H,40,41). The molecule has 0 aliphatic carbocycles. The summed E-state index contributed by atoms with van der Waals surface area (Å²) in [5, 5.41) is 35.1. The molecule has 0 saturated heterocycles. The molecular weight excluding hydrogens is 540 g/mol. The van der Waals surface area contributed by atoms with Crippen LogP contribution in [0.5, 0.6) is 11.5 Å². The Morgan fingerprint density at radius 2 is 0.976 bits per heavy atom. The molecule has 15 heteroatoms. The number of amides is 5. The van der Waals surface area contributed by atoms with Crippen molar-refractivity contribution >= 4 is 35.5 Å². The first kappa shape index (κ1) is 32.0. The van der Waals surface area contributed by atoms with Gasteiger partial charge < -0.3 is 48.5 Å². The first-order chi connectivity index (χ1) is 19.2. The average Bonchev–Trinajstić information content (AvgIpc) is 2.89. The Morgan fingerprint density at radius 1 is 0.610 bits per heavy atom. The Kier molecular flexibility index (Phi) is 11.6. The van der Waals surface area contributed by atoms with E-state index >= 15 is 0 Å². The highest BCUT2D eigenvalue weighted by Gasteiger charge is 2.32. The molecule has 0 saturated carbocycles. The summed E-state index contributed by atoms with van der Waals surface area (Å²) < 4.78 is 0. The van der Waals surface area contributed by atoms with E-state index in [1.165, 1.54) is 48.5 Å². The molecule has 220 valence electrons. The molecule has 0 fully saturated rings. The molecule has 0 bridgehead atoms. The Labute approximate surface area is 234 Å². The quantitative estimate of drug-likeness (QED) is 0.108. The number of hydrogen-bond acceptors (Lipinski definition) is 9. The van der Waals surface area contributed by atoms with Crippen LogP contribution in [0.15, 0.2) is 48.5 Å². The van der Waals surface area contributed by atoms with Crippen LogP contribution in [-0.2, 0) is 41.6 Å². The third-order valence-electron chi connectivity index (χ3n) is 5.80. The molecular formula is C26H32N6O9. The van der Waals surface area contributed by atoms with E-state index in [-0.39, 0.29) is 24.3 Å². The van der Waals surface area contributed by atoms with Gasteiger partial charge in [0.2, 0.25) is 29.5 Å². The smallest absolute Gasteiger partial charge is 0.326 e. The second kappa shape index (κ2) is 14.8. The van der Waals surface area contributed by atoms with Gasteiger partial charge in [0.1, 0.15) is 29.6 Å². The highest BCUT2D eigenvalue weighted by molar-refractivity contribution is 5.97. The third-order valence-corrected chi connectivity index (χ3v) is 5.80. The van der Waals surface area contributed by atoms with Crippen molar-refractivity contribution in [2.24, 2.45) is 17.2 Å². The Hall–Kier alpha value is -5.18. The van der Waals surface area contributed by atoms with Gasteiger partial charge in [-0.25, -0.2) is 4.79 Å². The molecule has 0 radical (unpaired) electrons. The number of aromatic hydroxyl groups is 2. The van der Waals surface area contributed by atoms with E-state index in [9.17, 15) is 44.1 Å². The van der Waals surface area contributed by atoms with Crippen molar-refractivity contribution < 1.29 is 44.1 Å². The van der Waals surface area contributed by atoms with Gasteiger partial charge in [-0.05, 0) is 41.8 Å². The van der Waals surface area contributed by atoms with E-state index in [0.717, 1.165) is 0 Å². The Bertz CT molecular complexity index is 1270. The lowest BCUT2D eigenvalue weighted by atomic mass is 10.0. The van der Waals surface area contributed by atoms with Crippen molar-refractivity contribution in [2.75, 3.05) is 0 Å². The maximum Gasteiger partial charge on any atom is 0.326 e. The summed E-state index contributed by atoms with van der Waals surface area (Å²) in [7, 11) is 0. The zero-order chi connectivity index (χ0) is 30.7. The van der Waals surface area contributed by atoms with Crippen molar-refractivity contribution in [3.05, 3.63) is 59.7 Å². The first-order valence-corrected chi connectivity index (χ1v) is 12.3. The molecule has 4 unspecified atom stereocenters. The molecule has 0 aliphatic heterocycles. The van der Waals surface area contributed by atoms with Crippen LogP contribution in [0.2, 0.25) is 0 Å². The number of nitrogens with one attached hydrogen (secondary N) is 3. The zero-order valence-electron chi connectivity index (χ0n) is 21.8. The number of nitrogens with two attached hydrogens (primary N) is 3. The molecule has 0 spiro atoms. The van der Waals surface area contributed by atoms with Crippen molar-refractivity contribution in [3.63, 3.8) is 0 Å². The maximum absolute atomic E-state index is 13.0. The van der Waals surface area contributed by atoms with Crippen molar-refractivity contribution in [3.8, 4) is 11.5 Å². The topological polar surface area (TPSA) is 277 Å². The largest absolute Gasteiger partial charge is 0.508 e. The first-order valence-electron chi connectivity index (χ1n) is 12.3. The molecule has 0 heterocycles. The fraction of sp³-hybridized carbons (Fsp3) is 0.308. The lowest BCUT2D eigenvalue weighted by Gasteiger charge is -2.24. The Balaban J connectivity index is 2.14.